The Morgan fingerprint density at radius 1 is 1.42 bits per heavy atom. The Morgan fingerprint density at radius 2 is 2.00 bits per heavy atom. The second kappa shape index (κ2) is 3.32. The van der Waals surface area contributed by atoms with Crippen LogP contribution in [0.15, 0.2) is 24.3 Å². The summed E-state index contributed by atoms with van der Waals surface area (Å²) < 4.78 is 12.9. The Kier molecular flexibility index (Phi) is 2.40. The van der Waals surface area contributed by atoms with Crippen molar-refractivity contribution in [2.24, 2.45) is 11.5 Å². The van der Waals surface area contributed by atoms with Gasteiger partial charge in [-0.25, -0.2) is 4.39 Å². The highest BCUT2D eigenvalue weighted by molar-refractivity contribution is 5.81. The standard InChI is InChI=1S/C8H9FN2O/c9-6-4-2-1-3-5(6)7(10)8(11)12/h1-4,7H,10H2,(H2,11,12). The summed E-state index contributed by atoms with van der Waals surface area (Å²) >= 11 is 0. The lowest BCUT2D eigenvalue weighted by Gasteiger charge is -2.07. The summed E-state index contributed by atoms with van der Waals surface area (Å²) in [6.07, 6.45) is 0. The maximum Gasteiger partial charge on any atom is 0.239 e. The molecular formula is C8H9FN2O. The van der Waals surface area contributed by atoms with Crippen LogP contribution in [0.4, 0.5) is 4.39 Å². The van der Waals surface area contributed by atoms with Gasteiger partial charge in [0.05, 0.1) is 0 Å². The van der Waals surface area contributed by atoms with Crippen LogP contribution in [0.3, 0.4) is 0 Å². The molecule has 0 bridgehead atoms. The van der Waals surface area contributed by atoms with Crippen molar-refractivity contribution in [2.45, 2.75) is 6.04 Å². The maximum absolute atomic E-state index is 12.9. The molecule has 0 aliphatic heterocycles. The fourth-order valence-electron chi connectivity index (χ4n) is 0.881. The van der Waals surface area contributed by atoms with E-state index >= 15 is 0 Å². The molecule has 4 heteroatoms. The Labute approximate surface area is 69.2 Å². The summed E-state index contributed by atoms with van der Waals surface area (Å²) in [5.74, 6) is -1.25. The van der Waals surface area contributed by atoms with Crippen LogP contribution in [-0.4, -0.2) is 5.91 Å². The van der Waals surface area contributed by atoms with Crippen LogP contribution in [0.5, 0.6) is 0 Å². The van der Waals surface area contributed by atoms with Gasteiger partial charge in [0.2, 0.25) is 5.91 Å². The summed E-state index contributed by atoms with van der Waals surface area (Å²) in [6, 6.07) is 4.72. The van der Waals surface area contributed by atoms with Crippen molar-refractivity contribution in [1.82, 2.24) is 0 Å². The van der Waals surface area contributed by atoms with E-state index in [1.165, 1.54) is 18.2 Å². The predicted molar refractivity (Wildman–Crippen MR) is 42.5 cm³/mol. The summed E-state index contributed by atoms with van der Waals surface area (Å²) in [5, 5.41) is 0. The zero-order valence-corrected chi connectivity index (χ0v) is 6.33. The summed E-state index contributed by atoms with van der Waals surface area (Å²) in [6.45, 7) is 0. The van der Waals surface area contributed by atoms with E-state index in [-0.39, 0.29) is 5.56 Å². The average molecular weight is 168 g/mol. The molecule has 0 aliphatic carbocycles. The van der Waals surface area contributed by atoms with Crippen molar-refractivity contribution >= 4 is 5.91 Å². The Hall–Kier alpha value is -1.42. The molecule has 1 rings (SSSR count). The maximum atomic E-state index is 12.9. The third-order valence-electron chi connectivity index (χ3n) is 1.55. The number of amides is 1. The fourth-order valence-corrected chi connectivity index (χ4v) is 0.881. The number of carbonyl (C=O) groups excluding carboxylic acids is 1. The number of halogens is 1. The number of nitrogens with two attached hydrogens (primary N) is 2. The lowest BCUT2D eigenvalue weighted by molar-refractivity contribution is -0.119. The minimum absolute atomic E-state index is 0.130. The van der Waals surface area contributed by atoms with Gasteiger partial charge in [0.25, 0.3) is 0 Å². The zero-order chi connectivity index (χ0) is 9.14. The highest BCUT2D eigenvalue weighted by atomic mass is 19.1. The summed E-state index contributed by atoms with van der Waals surface area (Å²) in [4.78, 5) is 10.6. The van der Waals surface area contributed by atoms with Crippen LogP contribution >= 0.6 is 0 Å². The highest BCUT2D eigenvalue weighted by Crippen LogP contribution is 2.13. The van der Waals surface area contributed by atoms with Gasteiger partial charge in [-0.3, -0.25) is 4.79 Å². The van der Waals surface area contributed by atoms with Crippen LogP contribution in [0.25, 0.3) is 0 Å². The zero-order valence-electron chi connectivity index (χ0n) is 6.33. The van der Waals surface area contributed by atoms with E-state index in [0.29, 0.717) is 0 Å². The molecule has 0 heterocycles. The van der Waals surface area contributed by atoms with Crippen LogP contribution in [0.1, 0.15) is 11.6 Å². The SMILES string of the molecule is NC(=O)C(N)c1ccccc1F. The lowest BCUT2D eigenvalue weighted by atomic mass is 10.1. The molecule has 0 fully saturated rings. The monoisotopic (exact) mass is 168 g/mol. The number of primary amides is 1. The van der Waals surface area contributed by atoms with Crippen molar-refractivity contribution in [3.05, 3.63) is 35.6 Å². The molecule has 0 saturated carbocycles. The normalized spacial score (nSPS) is 12.5. The van der Waals surface area contributed by atoms with Gasteiger partial charge in [0.1, 0.15) is 11.9 Å². The number of carbonyl (C=O) groups is 1. The molecule has 1 aromatic carbocycles. The largest absolute Gasteiger partial charge is 0.368 e. The first kappa shape index (κ1) is 8.67. The van der Waals surface area contributed by atoms with Gasteiger partial charge in [-0.15, -0.1) is 0 Å². The molecule has 0 aromatic heterocycles. The third kappa shape index (κ3) is 1.60. The Morgan fingerprint density at radius 3 is 2.50 bits per heavy atom. The van der Waals surface area contributed by atoms with Crippen LogP contribution in [0, 0.1) is 5.82 Å². The fraction of sp³-hybridized carbons (Fsp3) is 0.125. The quantitative estimate of drug-likeness (QED) is 0.667. The molecule has 0 aliphatic rings. The van der Waals surface area contributed by atoms with Gasteiger partial charge >= 0.3 is 0 Å². The predicted octanol–water partition coefficient (Wildman–Crippen LogP) is 0.311. The van der Waals surface area contributed by atoms with E-state index in [1.54, 1.807) is 6.07 Å². The van der Waals surface area contributed by atoms with Crippen LogP contribution in [0.2, 0.25) is 0 Å². The molecule has 0 spiro atoms. The Balaban J connectivity index is 3.02. The molecule has 0 saturated heterocycles. The van der Waals surface area contributed by atoms with E-state index in [0.717, 1.165) is 0 Å². The minimum Gasteiger partial charge on any atom is -0.368 e. The first-order valence-corrected chi connectivity index (χ1v) is 3.42. The van der Waals surface area contributed by atoms with E-state index in [1.807, 2.05) is 0 Å². The van der Waals surface area contributed by atoms with Crippen LogP contribution < -0.4 is 11.5 Å². The second-order valence-electron chi connectivity index (χ2n) is 2.40. The van der Waals surface area contributed by atoms with E-state index in [2.05, 4.69) is 0 Å². The third-order valence-corrected chi connectivity index (χ3v) is 1.55. The van der Waals surface area contributed by atoms with Gasteiger partial charge in [-0.1, -0.05) is 18.2 Å². The molecule has 1 atom stereocenters. The highest BCUT2D eigenvalue weighted by Gasteiger charge is 2.15. The lowest BCUT2D eigenvalue weighted by Crippen LogP contribution is -2.28. The molecule has 1 aromatic rings. The molecule has 0 radical (unpaired) electrons. The van der Waals surface area contributed by atoms with Crippen molar-refractivity contribution in [2.75, 3.05) is 0 Å². The molecule has 1 amide bonds. The van der Waals surface area contributed by atoms with Crippen molar-refractivity contribution in [3.8, 4) is 0 Å². The van der Waals surface area contributed by atoms with Crippen molar-refractivity contribution in [3.63, 3.8) is 0 Å². The molecule has 4 N–H and O–H groups in total. The number of rotatable bonds is 2. The van der Waals surface area contributed by atoms with Gasteiger partial charge in [0.15, 0.2) is 0 Å². The van der Waals surface area contributed by atoms with Gasteiger partial charge in [-0.2, -0.15) is 0 Å². The van der Waals surface area contributed by atoms with Gasteiger partial charge in [-0.05, 0) is 6.07 Å². The second-order valence-corrected chi connectivity index (χ2v) is 2.40. The summed E-state index contributed by atoms with van der Waals surface area (Å²) in [5.41, 5.74) is 10.4. The topological polar surface area (TPSA) is 69.1 Å². The van der Waals surface area contributed by atoms with Crippen molar-refractivity contribution in [1.29, 1.82) is 0 Å². The molecule has 3 nitrogen and oxygen atoms in total. The van der Waals surface area contributed by atoms with Crippen LogP contribution in [-0.2, 0) is 4.79 Å². The first-order chi connectivity index (χ1) is 5.63. The van der Waals surface area contributed by atoms with E-state index < -0.39 is 17.8 Å². The smallest absolute Gasteiger partial charge is 0.239 e. The molecular weight excluding hydrogens is 159 g/mol. The van der Waals surface area contributed by atoms with E-state index in [9.17, 15) is 9.18 Å². The minimum atomic E-state index is -1.06. The van der Waals surface area contributed by atoms with Gasteiger partial charge < -0.3 is 11.5 Å². The first-order valence-electron chi connectivity index (χ1n) is 3.42. The number of hydrogen-bond acceptors (Lipinski definition) is 2. The van der Waals surface area contributed by atoms with E-state index in [4.69, 9.17) is 11.5 Å². The Bertz CT molecular complexity index is 301. The van der Waals surface area contributed by atoms with Gasteiger partial charge in [0, 0.05) is 5.56 Å². The average Bonchev–Trinajstić information content (AvgIpc) is 2.04. The summed E-state index contributed by atoms with van der Waals surface area (Å²) in [7, 11) is 0. The van der Waals surface area contributed by atoms with Crippen molar-refractivity contribution < 1.29 is 9.18 Å². The molecule has 12 heavy (non-hydrogen) atoms. The molecule has 64 valence electrons. The molecule has 1 unspecified atom stereocenters. The number of hydrogen-bond donors (Lipinski definition) is 2. The number of benzene rings is 1.